The summed E-state index contributed by atoms with van der Waals surface area (Å²) in [4.78, 5) is 39.7. The smallest absolute Gasteiger partial charge is 0.417 e. The summed E-state index contributed by atoms with van der Waals surface area (Å²) in [7, 11) is -4.95. The van der Waals surface area contributed by atoms with Crippen molar-refractivity contribution in [3.05, 3.63) is 56.6 Å². The number of thiophene rings is 1. The molecule has 1 aromatic carbocycles. The molecule has 0 bridgehead atoms. The summed E-state index contributed by atoms with van der Waals surface area (Å²) in [6, 6.07) is 1.80. The van der Waals surface area contributed by atoms with E-state index in [9.17, 15) is 41.1 Å². The Balaban J connectivity index is 1.90. The van der Waals surface area contributed by atoms with E-state index in [-0.39, 0.29) is 17.1 Å². The van der Waals surface area contributed by atoms with Crippen LogP contribution in [0.25, 0.3) is 11.4 Å². The van der Waals surface area contributed by atoms with Crippen molar-refractivity contribution in [3.63, 3.8) is 0 Å². The lowest BCUT2D eigenvalue weighted by atomic mass is 10.2. The second-order valence-corrected chi connectivity index (χ2v) is 8.56. The van der Waals surface area contributed by atoms with Crippen LogP contribution in [-0.2, 0) is 16.2 Å². The number of aromatic hydroxyl groups is 1. The molecule has 0 fully saturated rings. The fourth-order valence-corrected chi connectivity index (χ4v) is 4.48. The maximum absolute atomic E-state index is 13.1. The number of aromatic amines is 1. The van der Waals surface area contributed by atoms with E-state index < -0.39 is 55.7 Å². The third-order valence-corrected chi connectivity index (χ3v) is 6.10. The highest BCUT2D eigenvalue weighted by Gasteiger charge is 2.37. The largest absolute Gasteiger partial charge is 0.501 e. The predicted molar refractivity (Wildman–Crippen MR) is 108 cm³/mol. The lowest BCUT2D eigenvalue weighted by Crippen LogP contribution is -2.35. The first-order valence-corrected chi connectivity index (χ1v) is 10.9. The summed E-state index contributed by atoms with van der Waals surface area (Å²) in [5, 5.41) is 23.2. The van der Waals surface area contributed by atoms with Gasteiger partial charge in [-0.3, -0.25) is 4.79 Å². The van der Waals surface area contributed by atoms with E-state index >= 15 is 0 Å². The number of alkyl halides is 3. The molecule has 11 nitrogen and oxygen atoms in total. The maximum atomic E-state index is 13.1. The van der Waals surface area contributed by atoms with Crippen LogP contribution < -0.4 is 15.6 Å². The van der Waals surface area contributed by atoms with Gasteiger partial charge in [0.05, 0.1) is 21.7 Å². The molecule has 3 aromatic rings. The average molecular weight is 504 g/mol. The number of carbonyl (C=O) groups excluding carboxylic acids is 1. The standard InChI is InChI=1S/C17H11F3N4O7S2/c18-17(19,20)8-3-1-2-4-10(8)33(30,31)24-16(29)21-9-6-32-5-7(9)13-22-11(15(27)28)12(25)14(26)23-13/h1-6,25H,(H,27,28)(H2,21,24,29)(H,22,23,26). The highest BCUT2D eigenvalue weighted by molar-refractivity contribution is 7.90. The minimum atomic E-state index is -5.00. The number of carboxylic acid groups (broad SMARTS) is 1. The van der Waals surface area contributed by atoms with Crippen LogP contribution in [0.3, 0.4) is 0 Å². The number of amides is 2. The number of rotatable bonds is 5. The molecule has 0 radical (unpaired) electrons. The van der Waals surface area contributed by atoms with Crippen molar-refractivity contribution in [3.8, 4) is 17.1 Å². The van der Waals surface area contributed by atoms with Crippen molar-refractivity contribution in [2.24, 2.45) is 0 Å². The first-order valence-electron chi connectivity index (χ1n) is 8.44. The minimum absolute atomic E-state index is 0.0529. The highest BCUT2D eigenvalue weighted by Crippen LogP contribution is 2.34. The number of benzene rings is 1. The number of hydrogen-bond acceptors (Lipinski definition) is 8. The molecule has 5 N–H and O–H groups in total. The molecule has 2 aromatic heterocycles. The van der Waals surface area contributed by atoms with E-state index in [1.54, 1.807) is 0 Å². The first kappa shape index (κ1) is 23.7. The maximum Gasteiger partial charge on any atom is 0.417 e. The molecule has 0 atom stereocenters. The van der Waals surface area contributed by atoms with Crippen molar-refractivity contribution < 1.29 is 41.4 Å². The molecular weight excluding hydrogens is 493 g/mol. The molecule has 0 aliphatic heterocycles. The second kappa shape index (κ2) is 8.55. The van der Waals surface area contributed by atoms with Crippen LogP contribution in [0.15, 0.2) is 44.7 Å². The Morgan fingerprint density at radius 1 is 1.15 bits per heavy atom. The number of aromatic carboxylic acids is 1. The Hall–Kier alpha value is -3.92. The zero-order valence-corrected chi connectivity index (χ0v) is 17.4. The lowest BCUT2D eigenvalue weighted by Gasteiger charge is -2.14. The Morgan fingerprint density at radius 2 is 1.82 bits per heavy atom. The van der Waals surface area contributed by atoms with Gasteiger partial charge in [0, 0.05) is 10.8 Å². The van der Waals surface area contributed by atoms with Crippen LogP contribution in [0, 0.1) is 0 Å². The van der Waals surface area contributed by atoms with Crippen LogP contribution in [0.4, 0.5) is 23.7 Å². The van der Waals surface area contributed by atoms with Crippen LogP contribution in [0.5, 0.6) is 5.75 Å². The van der Waals surface area contributed by atoms with Gasteiger partial charge < -0.3 is 20.5 Å². The molecule has 33 heavy (non-hydrogen) atoms. The zero-order valence-electron chi connectivity index (χ0n) is 15.8. The number of nitrogens with one attached hydrogen (secondary N) is 3. The van der Waals surface area contributed by atoms with Gasteiger partial charge in [0.1, 0.15) is 5.82 Å². The van der Waals surface area contributed by atoms with Gasteiger partial charge in [-0.05, 0) is 12.1 Å². The molecule has 2 amide bonds. The van der Waals surface area contributed by atoms with Gasteiger partial charge in [0.25, 0.3) is 15.6 Å². The van der Waals surface area contributed by atoms with Crippen LogP contribution in [0.1, 0.15) is 16.1 Å². The topological polar surface area (TPSA) is 179 Å². The number of sulfonamides is 1. The van der Waals surface area contributed by atoms with Crippen molar-refractivity contribution in [2.75, 3.05) is 5.32 Å². The summed E-state index contributed by atoms with van der Waals surface area (Å²) in [5.41, 5.74) is -3.84. The monoisotopic (exact) mass is 504 g/mol. The Labute approximate surface area is 185 Å². The van der Waals surface area contributed by atoms with E-state index in [2.05, 4.69) is 15.3 Å². The number of aromatic nitrogens is 2. The molecule has 0 saturated heterocycles. The number of carboxylic acids is 1. The van der Waals surface area contributed by atoms with Gasteiger partial charge in [0.2, 0.25) is 5.75 Å². The van der Waals surface area contributed by atoms with E-state index in [1.807, 2.05) is 0 Å². The molecular formula is C17H11F3N4O7S2. The van der Waals surface area contributed by atoms with Crippen molar-refractivity contribution in [2.45, 2.75) is 11.1 Å². The normalized spacial score (nSPS) is 11.7. The number of H-pyrrole nitrogens is 1. The van der Waals surface area contributed by atoms with Crippen molar-refractivity contribution in [1.82, 2.24) is 14.7 Å². The number of urea groups is 1. The van der Waals surface area contributed by atoms with Gasteiger partial charge in [-0.25, -0.2) is 27.7 Å². The Kier molecular flexibility index (Phi) is 6.15. The van der Waals surface area contributed by atoms with Gasteiger partial charge >= 0.3 is 18.2 Å². The van der Waals surface area contributed by atoms with E-state index in [1.165, 1.54) is 15.5 Å². The molecule has 0 saturated carbocycles. The fraction of sp³-hybridized carbons (Fsp3) is 0.0588. The van der Waals surface area contributed by atoms with Crippen LogP contribution >= 0.6 is 11.3 Å². The van der Waals surface area contributed by atoms with Crippen molar-refractivity contribution >= 4 is 39.0 Å². The number of halogens is 3. The summed E-state index contributed by atoms with van der Waals surface area (Å²) < 4.78 is 65.6. The fourth-order valence-electron chi connectivity index (χ4n) is 2.58. The summed E-state index contributed by atoms with van der Waals surface area (Å²) in [6.07, 6.45) is -5.00. The molecule has 0 aliphatic rings. The average Bonchev–Trinajstić information content (AvgIpc) is 3.16. The van der Waals surface area contributed by atoms with E-state index in [4.69, 9.17) is 5.11 Å². The molecule has 174 valence electrons. The molecule has 0 spiro atoms. The molecule has 16 heteroatoms. The summed E-state index contributed by atoms with van der Waals surface area (Å²) in [6.45, 7) is 0. The molecule has 0 aliphatic carbocycles. The third-order valence-electron chi connectivity index (χ3n) is 3.97. The van der Waals surface area contributed by atoms with Crippen molar-refractivity contribution in [1.29, 1.82) is 0 Å². The Bertz CT molecular complexity index is 1410. The highest BCUT2D eigenvalue weighted by atomic mass is 32.2. The van der Waals surface area contributed by atoms with Gasteiger partial charge in [-0.15, -0.1) is 11.3 Å². The minimum Gasteiger partial charge on any atom is -0.501 e. The van der Waals surface area contributed by atoms with E-state index in [0.717, 1.165) is 23.5 Å². The SMILES string of the molecule is O=C(Nc1cscc1-c1nc(C(=O)O)c(O)c(=O)[nH]1)NS(=O)(=O)c1ccccc1C(F)(F)F. The lowest BCUT2D eigenvalue weighted by molar-refractivity contribution is -0.139. The third kappa shape index (κ3) is 4.96. The number of nitrogens with zero attached hydrogens (tertiary/aromatic N) is 1. The second-order valence-electron chi connectivity index (χ2n) is 6.17. The first-order chi connectivity index (χ1) is 15.3. The van der Waals surface area contributed by atoms with Gasteiger partial charge in [-0.1, -0.05) is 12.1 Å². The number of anilines is 1. The van der Waals surface area contributed by atoms with Crippen LogP contribution in [0.2, 0.25) is 0 Å². The molecule has 3 rings (SSSR count). The number of carbonyl (C=O) groups is 2. The molecule has 0 unspecified atom stereocenters. The predicted octanol–water partition coefficient (Wildman–Crippen LogP) is 2.43. The molecule has 2 heterocycles. The number of hydrogen-bond donors (Lipinski definition) is 5. The van der Waals surface area contributed by atoms with E-state index in [0.29, 0.717) is 12.1 Å². The Morgan fingerprint density at radius 3 is 2.45 bits per heavy atom. The zero-order chi connectivity index (χ0) is 24.6. The van der Waals surface area contributed by atoms with Crippen LogP contribution in [-0.4, -0.2) is 40.6 Å². The summed E-state index contributed by atoms with van der Waals surface area (Å²) >= 11 is 0.935. The van der Waals surface area contributed by atoms with Gasteiger partial charge in [0.15, 0.2) is 5.69 Å². The van der Waals surface area contributed by atoms with Gasteiger partial charge in [-0.2, -0.15) is 13.2 Å². The summed E-state index contributed by atoms with van der Waals surface area (Å²) in [5.74, 6) is -3.24. The quantitative estimate of drug-likeness (QED) is 0.351.